The zero-order valence-corrected chi connectivity index (χ0v) is 13.6. The molecule has 20 heavy (non-hydrogen) atoms. The van der Waals surface area contributed by atoms with Gasteiger partial charge >= 0.3 is 0 Å². The fourth-order valence-electron chi connectivity index (χ4n) is 3.93. The minimum absolute atomic E-state index is 0.211. The number of hydrogen-bond donors (Lipinski definition) is 1. The zero-order chi connectivity index (χ0) is 14.2. The number of nitrogens with two attached hydrogens (primary N) is 1. The maximum Gasteiger partial charge on any atom is 0.0897 e. The molecule has 2 atom stereocenters. The molecule has 4 heteroatoms. The van der Waals surface area contributed by atoms with Gasteiger partial charge < -0.3 is 5.73 Å². The number of aryl methyl sites for hydroxylation is 1. The van der Waals surface area contributed by atoms with Crippen molar-refractivity contribution in [2.75, 3.05) is 13.6 Å². The van der Waals surface area contributed by atoms with E-state index < -0.39 is 0 Å². The van der Waals surface area contributed by atoms with Crippen LogP contribution in [0.4, 0.5) is 0 Å². The van der Waals surface area contributed by atoms with E-state index in [4.69, 9.17) is 5.73 Å². The normalized spacial score (nSPS) is 30.9. The van der Waals surface area contributed by atoms with Gasteiger partial charge in [-0.25, -0.2) is 4.98 Å². The van der Waals surface area contributed by atoms with E-state index in [1.54, 1.807) is 11.3 Å². The lowest BCUT2D eigenvalue weighted by atomic mass is 9.73. The van der Waals surface area contributed by atoms with Gasteiger partial charge in [-0.3, -0.25) is 4.90 Å². The zero-order valence-electron chi connectivity index (χ0n) is 12.8. The molecule has 2 aliphatic rings. The lowest BCUT2D eigenvalue weighted by molar-refractivity contribution is 0.0451. The summed E-state index contributed by atoms with van der Waals surface area (Å²) in [7, 11) is 2.25. The minimum atomic E-state index is 0.211. The van der Waals surface area contributed by atoms with Crippen molar-refractivity contribution in [2.45, 2.75) is 57.5 Å². The summed E-state index contributed by atoms with van der Waals surface area (Å²) in [5.74, 6) is 1.93. The van der Waals surface area contributed by atoms with Crippen LogP contribution in [0.1, 0.15) is 49.2 Å². The Morgan fingerprint density at radius 2 is 2.20 bits per heavy atom. The highest BCUT2D eigenvalue weighted by atomic mass is 32.1. The Labute approximate surface area is 126 Å². The van der Waals surface area contributed by atoms with Gasteiger partial charge in [0, 0.05) is 24.0 Å². The summed E-state index contributed by atoms with van der Waals surface area (Å²) in [4.78, 5) is 7.11. The van der Waals surface area contributed by atoms with Crippen molar-refractivity contribution in [3.05, 3.63) is 16.1 Å². The van der Waals surface area contributed by atoms with Crippen LogP contribution < -0.4 is 5.73 Å². The summed E-state index contributed by atoms with van der Waals surface area (Å²) in [6.45, 7) is 3.81. The molecule has 0 saturated heterocycles. The molecule has 2 aliphatic carbocycles. The molecular formula is C16H27N3S. The predicted molar refractivity (Wildman–Crippen MR) is 84.8 cm³/mol. The number of hydrogen-bond acceptors (Lipinski definition) is 4. The Morgan fingerprint density at radius 3 is 2.80 bits per heavy atom. The second-order valence-electron chi connectivity index (χ2n) is 6.84. The van der Waals surface area contributed by atoms with Crippen molar-refractivity contribution in [3.63, 3.8) is 0 Å². The first kappa shape index (κ1) is 14.5. The topological polar surface area (TPSA) is 42.2 Å². The summed E-state index contributed by atoms with van der Waals surface area (Å²) < 4.78 is 0. The molecule has 0 spiro atoms. The number of aromatic nitrogens is 1. The third-order valence-electron chi connectivity index (χ3n) is 5.40. The Morgan fingerprint density at radius 1 is 1.40 bits per heavy atom. The Balaban J connectivity index is 1.69. The summed E-state index contributed by atoms with van der Waals surface area (Å²) >= 11 is 1.75. The van der Waals surface area contributed by atoms with Crippen LogP contribution in [0.5, 0.6) is 0 Å². The van der Waals surface area contributed by atoms with E-state index in [0.717, 1.165) is 29.9 Å². The van der Waals surface area contributed by atoms with E-state index in [-0.39, 0.29) is 5.54 Å². The van der Waals surface area contributed by atoms with Crippen LogP contribution >= 0.6 is 11.3 Å². The van der Waals surface area contributed by atoms with Gasteiger partial charge in [0.05, 0.1) is 10.7 Å². The summed E-state index contributed by atoms with van der Waals surface area (Å²) in [5, 5.41) is 3.35. The minimum Gasteiger partial charge on any atom is -0.329 e. The molecule has 3 rings (SSSR count). The average molecular weight is 293 g/mol. The third kappa shape index (κ3) is 2.92. The molecule has 0 amide bonds. The second-order valence-corrected chi connectivity index (χ2v) is 7.90. The molecule has 1 aromatic heterocycles. The summed E-state index contributed by atoms with van der Waals surface area (Å²) in [6.07, 6.45) is 8.25. The van der Waals surface area contributed by atoms with Gasteiger partial charge in [0.1, 0.15) is 0 Å². The van der Waals surface area contributed by atoms with Gasteiger partial charge in [0.2, 0.25) is 0 Å². The van der Waals surface area contributed by atoms with E-state index in [1.165, 1.54) is 44.2 Å². The van der Waals surface area contributed by atoms with E-state index >= 15 is 0 Å². The quantitative estimate of drug-likeness (QED) is 0.906. The molecule has 0 aliphatic heterocycles. The smallest absolute Gasteiger partial charge is 0.0897 e. The molecule has 0 aromatic carbocycles. The second kappa shape index (κ2) is 5.74. The third-order valence-corrected chi connectivity index (χ3v) is 6.23. The van der Waals surface area contributed by atoms with Crippen molar-refractivity contribution in [3.8, 4) is 0 Å². The molecule has 2 N–H and O–H groups in total. The molecule has 1 aromatic rings. The standard InChI is InChI=1S/C16H27N3S/c1-12-18-15(10-20-12)9-19(2)16(11-17)7-3-4-14(8-16)13-5-6-13/h10,13-14H,3-9,11,17H2,1-2H3. The molecule has 0 radical (unpaired) electrons. The SMILES string of the molecule is Cc1nc(CN(C)C2(CN)CCCC(C3CC3)C2)cs1. The molecule has 2 unspecified atom stereocenters. The Kier molecular flexibility index (Phi) is 4.16. The van der Waals surface area contributed by atoms with Crippen LogP contribution in [0.25, 0.3) is 0 Å². The monoisotopic (exact) mass is 293 g/mol. The number of thiazole rings is 1. The van der Waals surface area contributed by atoms with Gasteiger partial charge in [-0.05, 0) is 51.5 Å². The molecule has 2 saturated carbocycles. The maximum atomic E-state index is 6.22. The highest BCUT2D eigenvalue weighted by molar-refractivity contribution is 7.09. The van der Waals surface area contributed by atoms with Gasteiger partial charge in [-0.2, -0.15) is 0 Å². The van der Waals surface area contributed by atoms with Crippen LogP contribution in [-0.4, -0.2) is 29.0 Å². The first-order chi connectivity index (χ1) is 9.63. The van der Waals surface area contributed by atoms with Gasteiger partial charge in [-0.1, -0.05) is 12.8 Å². The van der Waals surface area contributed by atoms with E-state index in [0.29, 0.717) is 0 Å². The van der Waals surface area contributed by atoms with Crippen molar-refractivity contribution in [1.82, 2.24) is 9.88 Å². The Hall–Kier alpha value is -0.450. The van der Waals surface area contributed by atoms with E-state index in [9.17, 15) is 0 Å². The van der Waals surface area contributed by atoms with E-state index in [1.807, 2.05) is 0 Å². The predicted octanol–water partition coefficient (Wildman–Crippen LogP) is 3.18. The van der Waals surface area contributed by atoms with Gasteiger partial charge in [-0.15, -0.1) is 11.3 Å². The summed E-state index contributed by atoms with van der Waals surface area (Å²) in [5.41, 5.74) is 7.64. The molecule has 2 fully saturated rings. The highest BCUT2D eigenvalue weighted by Gasteiger charge is 2.43. The first-order valence-electron chi connectivity index (χ1n) is 7.95. The summed E-state index contributed by atoms with van der Waals surface area (Å²) in [6, 6.07) is 0. The van der Waals surface area contributed by atoms with Crippen molar-refractivity contribution >= 4 is 11.3 Å². The highest BCUT2D eigenvalue weighted by Crippen LogP contribution is 2.47. The molecule has 1 heterocycles. The molecule has 112 valence electrons. The van der Waals surface area contributed by atoms with Gasteiger partial charge in [0.15, 0.2) is 0 Å². The van der Waals surface area contributed by atoms with Crippen molar-refractivity contribution < 1.29 is 0 Å². The maximum absolute atomic E-state index is 6.22. The lowest BCUT2D eigenvalue weighted by Crippen LogP contribution is -2.54. The number of rotatable bonds is 5. The van der Waals surface area contributed by atoms with Crippen molar-refractivity contribution in [2.24, 2.45) is 17.6 Å². The fraction of sp³-hybridized carbons (Fsp3) is 0.812. The first-order valence-corrected chi connectivity index (χ1v) is 8.83. The van der Waals surface area contributed by atoms with Crippen molar-refractivity contribution in [1.29, 1.82) is 0 Å². The largest absolute Gasteiger partial charge is 0.329 e. The van der Waals surface area contributed by atoms with Crippen LogP contribution in [-0.2, 0) is 6.54 Å². The van der Waals surface area contributed by atoms with Crippen LogP contribution in [0, 0.1) is 18.8 Å². The average Bonchev–Trinajstić information content (AvgIpc) is 3.23. The van der Waals surface area contributed by atoms with E-state index in [2.05, 4.69) is 29.2 Å². The number of nitrogens with zero attached hydrogens (tertiary/aromatic N) is 2. The molecule has 0 bridgehead atoms. The molecular weight excluding hydrogens is 266 g/mol. The van der Waals surface area contributed by atoms with Crippen LogP contribution in [0.15, 0.2) is 5.38 Å². The van der Waals surface area contributed by atoms with Crippen LogP contribution in [0.3, 0.4) is 0 Å². The van der Waals surface area contributed by atoms with Crippen LogP contribution in [0.2, 0.25) is 0 Å². The lowest BCUT2D eigenvalue weighted by Gasteiger charge is -2.46. The number of likely N-dealkylation sites (N-methyl/N-ethyl adjacent to an activating group) is 1. The Bertz CT molecular complexity index is 454. The molecule has 3 nitrogen and oxygen atoms in total. The fourth-order valence-corrected chi connectivity index (χ4v) is 4.54. The van der Waals surface area contributed by atoms with Gasteiger partial charge in [0.25, 0.3) is 0 Å².